The molecule has 1 spiro atoms. The van der Waals surface area contributed by atoms with Crippen LogP contribution in [0.1, 0.15) is 73.4 Å². The lowest BCUT2D eigenvalue weighted by Crippen LogP contribution is -2.26. The highest BCUT2D eigenvalue weighted by molar-refractivity contribution is 8.00. The zero-order valence-electron chi connectivity index (χ0n) is 27.4. The second kappa shape index (κ2) is 11.7. The van der Waals surface area contributed by atoms with Crippen molar-refractivity contribution in [3.8, 4) is 11.1 Å². The molecule has 4 aliphatic rings. The first-order valence-corrected chi connectivity index (χ1v) is 17.2. The minimum atomic E-state index is -0.503. The predicted octanol–water partition coefficient (Wildman–Crippen LogP) is 10.1. The number of fused-ring (bicyclic) bond motifs is 12. The van der Waals surface area contributed by atoms with Gasteiger partial charge in [-0.1, -0.05) is 86.7 Å². The van der Waals surface area contributed by atoms with Gasteiger partial charge in [0, 0.05) is 32.8 Å². The van der Waals surface area contributed by atoms with Gasteiger partial charge in [-0.25, -0.2) is 4.58 Å². The molecule has 3 unspecified atom stereocenters. The number of nitrogens with two attached hydrogens (primary N) is 1. The van der Waals surface area contributed by atoms with Crippen molar-refractivity contribution in [2.45, 2.75) is 55.6 Å². The Morgan fingerprint density at radius 1 is 1.04 bits per heavy atom. The van der Waals surface area contributed by atoms with Gasteiger partial charge in [-0.05, 0) is 107 Å². The van der Waals surface area contributed by atoms with Gasteiger partial charge >= 0.3 is 0 Å². The number of hydrogen-bond donors (Lipinski definition) is 1. The molecule has 0 fully saturated rings. The summed E-state index contributed by atoms with van der Waals surface area (Å²) in [5, 5.41) is 0.479. The molecule has 3 atom stereocenters. The van der Waals surface area contributed by atoms with Gasteiger partial charge in [-0.2, -0.15) is 0 Å². The average Bonchev–Trinajstić information content (AvgIpc) is 3.56. The molecular weight excluding hydrogens is 577 g/mol. The van der Waals surface area contributed by atoms with E-state index in [0.29, 0.717) is 11.2 Å². The molecule has 2 nitrogen and oxygen atoms in total. The molecule has 0 saturated heterocycles. The van der Waals surface area contributed by atoms with E-state index in [9.17, 15) is 0 Å². The van der Waals surface area contributed by atoms with E-state index in [0.717, 1.165) is 23.3 Å². The van der Waals surface area contributed by atoms with Gasteiger partial charge in [0.25, 0.3) is 0 Å². The number of allylic oxidation sites excluding steroid dienone is 11. The Balaban J connectivity index is 1.60. The van der Waals surface area contributed by atoms with Gasteiger partial charge < -0.3 is 5.73 Å². The van der Waals surface area contributed by atoms with Gasteiger partial charge in [-0.15, -0.1) is 17.5 Å². The summed E-state index contributed by atoms with van der Waals surface area (Å²) in [5.41, 5.74) is 25.6. The average molecular weight is 618 g/mol. The van der Waals surface area contributed by atoms with E-state index in [1.54, 1.807) is 6.20 Å². The molecule has 0 saturated carbocycles. The molecule has 46 heavy (non-hydrogen) atoms. The fraction of sp³-hybridized carbons (Fsp3) is 0.209. The minimum absolute atomic E-state index is 0.407. The summed E-state index contributed by atoms with van der Waals surface area (Å²) in [4.78, 5) is 1.43. The second-order valence-corrected chi connectivity index (χ2v) is 13.9. The SMILES string of the molecule is C=[N+](C)/C(=C\CC)c1ccc2c(c1)C1(C3=C=CC(C(/C=C\N)=C/C)=CC=C32)c2ccccc2-c2c1ccc1c2SC(C)C1/C=C\C. The molecule has 3 aromatic rings. The molecule has 1 heterocycles. The van der Waals surface area contributed by atoms with Gasteiger partial charge in [0.2, 0.25) is 5.70 Å². The van der Waals surface area contributed by atoms with Crippen LogP contribution in [0.2, 0.25) is 0 Å². The van der Waals surface area contributed by atoms with Crippen LogP contribution in [0.5, 0.6) is 0 Å². The lowest BCUT2D eigenvalue weighted by molar-refractivity contribution is -0.385. The van der Waals surface area contributed by atoms with Crippen LogP contribution in [0, 0.1) is 0 Å². The summed E-state index contributed by atoms with van der Waals surface area (Å²) < 4.78 is 1.99. The fourth-order valence-corrected chi connectivity index (χ4v) is 9.49. The fourth-order valence-electron chi connectivity index (χ4n) is 8.06. The third-order valence-corrected chi connectivity index (χ3v) is 11.3. The van der Waals surface area contributed by atoms with Crippen molar-refractivity contribution in [3.05, 3.63) is 165 Å². The number of thioether (sulfide) groups is 1. The molecule has 7 rings (SSSR count). The number of rotatable bonds is 6. The van der Waals surface area contributed by atoms with Crippen LogP contribution in [0.15, 0.2) is 137 Å². The van der Waals surface area contributed by atoms with Crippen molar-refractivity contribution >= 4 is 29.7 Å². The van der Waals surface area contributed by atoms with Crippen molar-refractivity contribution in [1.29, 1.82) is 0 Å². The van der Waals surface area contributed by atoms with E-state index in [4.69, 9.17) is 5.73 Å². The third kappa shape index (κ3) is 4.23. The molecule has 228 valence electrons. The van der Waals surface area contributed by atoms with Crippen molar-refractivity contribution in [1.82, 2.24) is 0 Å². The van der Waals surface area contributed by atoms with Crippen LogP contribution < -0.4 is 5.73 Å². The quantitative estimate of drug-likeness (QED) is 0.0981. The van der Waals surface area contributed by atoms with Gasteiger partial charge in [-0.3, -0.25) is 0 Å². The topological polar surface area (TPSA) is 29.0 Å². The summed E-state index contributed by atoms with van der Waals surface area (Å²) in [6, 6.07) is 21.0. The minimum Gasteiger partial charge on any atom is -0.405 e. The highest BCUT2D eigenvalue weighted by Gasteiger charge is 2.55. The van der Waals surface area contributed by atoms with Gasteiger partial charge in [0.05, 0.1) is 5.41 Å². The smallest absolute Gasteiger partial charge is 0.207 e. The molecule has 0 aromatic heterocycles. The largest absolute Gasteiger partial charge is 0.405 e. The maximum atomic E-state index is 5.85. The van der Waals surface area contributed by atoms with Crippen molar-refractivity contribution in [3.63, 3.8) is 0 Å². The van der Waals surface area contributed by atoms with E-state index < -0.39 is 5.41 Å². The van der Waals surface area contributed by atoms with Crippen molar-refractivity contribution in [2.75, 3.05) is 7.05 Å². The molecule has 0 radical (unpaired) electrons. The lowest BCUT2D eigenvalue weighted by atomic mass is 9.70. The van der Waals surface area contributed by atoms with Crippen LogP contribution in [-0.4, -0.2) is 23.6 Å². The Bertz CT molecular complexity index is 2070. The van der Waals surface area contributed by atoms with Crippen molar-refractivity contribution in [2.24, 2.45) is 5.73 Å². The maximum Gasteiger partial charge on any atom is 0.207 e. The molecular formula is C43H41N2S+. The van der Waals surface area contributed by atoms with Gasteiger partial charge in [0.15, 0.2) is 0 Å². The molecule has 0 bridgehead atoms. The first-order valence-electron chi connectivity index (χ1n) is 16.3. The molecule has 0 amide bonds. The van der Waals surface area contributed by atoms with E-state index in [-0.39, 0.29) is 0 Å². The molecule has 2 N–H and O–H groups in total. The Labute approximate surface area is 278 Å². The Morgan fingerprint density at radius 3 is 2.61 bits per heavy atom. The van der Waals surface area contributed by atoms with Gasteiger partial charge in [0.1, 0.15) is 13.8 Å². The standard InChI is InChI=1S/C43H41N2S/c1-7-12-31-27(4)46-42-34(31)21-23-38-41(42)35-14-10-11-15-36(35)43(38)37-22-18-29(28(9-3)24-25-44)16-19-32(37)33-20-17-30(26-39(33)43)40(13-8-2)45(5)6/h7,9-21,23-27,31H,5,8,44H2,1-4,6H3/q+1/b12-7-,25-24-,28-9+,40-13-. The normalized spacial score (nSPS) is 22.8. The first-order chi connectivity index (χ1) is 22.4. The Morgan fingerprint density at radius 2 is 1.87 bits per heavy atom. The van der Waals surface area contributed by atoms with E-state index >= 15 is 0 Å². The maximum absolute atomic E-state index is 5.85. The highest BCUT2D eigenvalue weighted by Crippen LogP contribution is 2.66. The molecule has 1 aliphatic heterocycles. The predicted molar refractivity (Wildman–Crippen MR) is 197 cm³/mol. The van der Waals surface area contributed by atoms with Crippen LogP contribution in [0.4, 0.5) is 0 Å². The van der Waals surface area contributed by atoms with Crippen LogP contribution in [0.25, 0.3) is 22.4 Å². The van der Waals surface area contributed by atoms with Crippen LogP contribution in [-0.2, 0) is 5.41 Å². The number of benzene rings is 3. The third-order valence-electron chi connectivity index (χ3n) is 9.95. The summed E-state index contributed by atoms with van der Waals surface area (Å²) in [5.74, 6) is 0.407. The van der Waals surface area contributed by atoms with Crippen LogP contribution in [0.3, 0.4) is 0 Å². The summed E-state index contributed by atoms with van der Waals surface area (Å²) in [6.07, 6.45) is 20.1. The first kappa shape index (κ1) is 30.1. The summed E-state index contributed by atoms with van der Waals surface area (Å²) in [7, 11) is 2.03. The van der Waals surface area contributed by atoms with Crippen LogP contribution >= 0.6 is 11.8 Å². The molecule has 3 aliphatic carbocycles. The lowest BCUT2D eigenvalue weighted by Gasteiger charge is -2.30. The molecule has 3 heteroatoms. The second-order valence-electron chi connectivity index (χ2n) is 12.5. The zero-order valence-corrected chi connectivity index (χ0v) is 28.2. The summed E-state index contributed by atoms with van der Waals surface area (Å²) >= 11 is 2.03. The monoisotopic (exact) mass is 617 g/mol. The van der Waals surface area contributed by atoms with E-state index in [1.165, 1.54) is 60.5 Å². The highest BCUT2D eigenvalue weighted by atomic mass is 32.2. The Hall–Kier alpha value is -4.56. The zero-order chi connectivity index (χ0) is 32.2. The number of hydrogen-bond acceptors (Lipinski definition) is 2. The number of nitrogens with zero attached hydrogens (tertiary/aromatic N) is 1. The van der Waals surface area contributed by atoms with E-state index in [2.05, 4.69) is 137 Å². The molecule has 3 aromatic carbocycles. The van der Waals surface area contributed by atoms with Crippen molar-refractivity contribution < 1.29 is 4.58 Å². The Kier molecular flexibility index (Phi) is 7.64. The van der Waals surface area contributed by atoms with E-state index in [1.807, 2.05) is 29.5 Å². The summed E-state index contributed by atoms with van der Waals surface area (Å²) in [6.45, 7) is 13.0.